The first-order valence-corrected chi connectivity index (χ1v) is 8.91. The molecule has 0 spiro atoms. The van der Waals surface area contributed by atoms with Crippen molar-refractivity contribution in [3.05, 3.63) is 60.3 Å². The quantitative estimate of drug-likeness (QED) is 0.576. The first-order valence-electron chi connectivity index (χ1n) is 8.91. The van der Waals surface area contributed by atoms with Crippen LogP contribution >= 0.6 is 0 Å². The van der Waals surface area contributed by atoms with E-state index < -0.39 is 11.7 Å². The Balaban J connectivity index is 1.78. The number of nitrogens with two attached hydrogens (primary N) is 2. The number of benzene rings is 2. The van der Waals surface area contributed by atoms with Gasteiger partial charge in [0.05, 0.1) is 29.6 Å². The monoisotopic (exact) mass is 380 g/mol. The summed E-state index contributed by atoms with van der Waals surface area (Å²) in [5.74, 6) is 0.719. The van der Waals surface area contributed by atoms with Crippen LogP contribution < -0.4 is 21.5 Å². The zero-order valence-electron chi connectivity index (χ0n) is 15.9. The van der Waals surface area contributed by atoms with E-state index >= 15 is 0 Å². The largest absolute Gasteiger partial charge is 0.489 e. The number of carbonyl (C=O) groups is 1. The molecular formula is C21H24N4O3. The van der Waals surface area contributed by atoms with E-state index in [9.17, 15) is 4.79 Å². The maximum atomic E-state index is 11.0. The lowest BCUT2D eigenvalue weighted by atomic mass is 10.1. The molecule has 0 aliphatic carbocycles. The second kappa shape index (κ2) is 8.04. The zero-order valence-corrected chi connectivity index (χ0v) is 15.9. The Kier molecular flexibility index (Phi) is 5.54. The predicted octanol–water partition coefficient (Wildman–Crippen LogP) is 3.68. The minimum absolute atomic E-state index is 0.339. The lowest BCUT2D eigenvalue weighted by Crippen LogP contribution is -2.37. The highest BCUT2D eigenvalue weighted by molar-refractivity contribution is 5.97. The average molecular weight is 380 g/mol. The second-order valence-corrected chi connectivity index (χ2v) is 7.08. The number of nitrogens with one attached hydrogen (secondary N) is 1. The molecule has 3 rings (SSSR count). The molecular weight excluding hydrogens is 356 g/mol. The van der Waals surface area contributed by atoms with Crippen LogP contribution in [0.15, 0.2) is 54.7 Å². The van der Waals surface area contributed by atoms with E-state index in [1.165, 1.54) is 0 Å². The van der Waals surface area contributed by atoms with Crippen LogP contribution in [0.3, 0.4) is 0 Å². The molecule has 2 aromatic carbocycles. The normalized spacial score (nSPS) is 11.2. The van der Waals surface area contributed by atoms with Crippen molar-refractivity contribution in [2.24, 2.45) is 5.73 Å². The van der Waals surface area contributed by atoms with E-state index in [1.807, 2.05) is 48.5 Å². The van der Waals surface area contributed by atoms with Gasteiger partial charge in [0.25, 0.3) is 0 Å². The van der Waals surface area contributed by atoms with Crippen LogP contribution in [0.5, 0.6) is 5.75 Å². The number of fused-ring (bicyclic) bond motifs is 1. The summed E-state index contributed by atoms with van der Waals surface area (Å²) in [4.78, 5) is 15.4. The van der Waals surface area contributed by atoms with Gasteiger partial charge in [-0.05, 0) is 31.5 Å². The van der Waals surface area contributed by atoms with E-state index in [2.05, 4.69) is 10.3 Å². The number of anilines is 2. The molecule has 0 saturated carbocycles. The van der Waals surface area contributed by atoms with E-state index in [0.29, 0.717) is 18.8 Å². The molecule has 0 atom stereocenters. The fourth-order valence-electron chi connectivity index (χ4n) is 2.83. The third-order valence-corrected chi connectivity index (χ3v) is 4.19. The molecule has 7 heteroatoms. The van der Waals surface area contributed by atoms with Gasteiger partial charge in [-0.2, -0.15) is 0 Å². The third-order valence-electron chi connectivity index (χ3n) is 4.19. The zero-order chi connectivity index (χ0) is 20.1. The van der Waals surface area contributed by atoms with Gasteiger partial charge in [0.15, 0.2) is 0 Å². The van der Waals surface area contributed by atoms with Gasteiger partial charge in [-0.25, -0.2) is 4.79 Å². The summed E-state index contributed by atoms with van der Waals surface area (Å²) in [6.07, 6.45) is 0.771. The highest BCUT2D eigenvalue weighted by atomic mass is 16.6. The minimum Gasteiger partial charge on any atom is -0.489 e. The minimum atomic E-state index is -0.820. The van der Waals surface area contributed by atoms with Crippen LogP contribution in [0.25, 0.3) is 10.9 Å². The first-order chi connectivity index (χ1) is 13.3. The fourth-order valence-corrected chi connectivity index (χ4v) is 2.83. The summed E-state index contributed by atoms with van der Waals surface area (Å²) in [5, 5.41) is 4.09. The molecule has 0 radical (unpaired) electrons. The number of carbonyl (C=O) groups excluding carboxylic acids is 1. The van der Waals surface area contributed by atoms with Gasteiger partial charge in [0, 0.05) is 11.5 Å². The second-order valence-electron chi connectivity index (χ2n) is 7.08. The number of hydrogen-bond donors (Lipinski definition) is 3. The SMILES string of the molecule is CC(C)(CNc1c(N)cnc2cc(OCc3ccccc3)ccc12)OC(N)=O. The van der Waals surface area contributed by atoms with Crippen molar-refractivity contribution in [1.82, 2.24) is 4.98 Å². The summed E-state index contributed by atoms with van der Waals surface area (Å²) in [6.45, 7) is 4.34. The number of rotatable bonds is 7. The Bertz CT molecular complexity index is 974. The molecule has 3 aromatic rings. The number of aromatic nitrogens is 1. The smallest absolute Gasteiger partial charge is 0.405 e. The molecule has 1 amide bonds. The Morgan fingerprint density at radius 2 is 1.93 bits per heavy atom. The number of hydrogen-bond acceptors (Lipinski definition) is 6. The summed E-state index contributed by atoms with van der Waals surface area (Å²) < 4.78 is 11.0. The molecule has 7 nitrogen and oxygen atoms in total. The van der Waals surface area contributed by atoms with Gasteiger partial charge in [-0.15, -0.1) is 0 Å². The molecule has 0 saturated heterocycles. The van der Waals surface area contributed by atoms with E-state index in [0.717, 1.165) is 27.9 Å². The highest BCUT2D eigenvalue weighted by Gasteiger charge is 2.22. The van der Waals surface area contributed by atoms with Gasteiger partial charge in [-0.1, -0.05) is 30.3 Å². The molecule has 0 aliphatic rings. The Labute approximate surface area is 163 Å². The van der Waals surface area contributed by atoms with Crippen molar-refractivity contribution in [3.8, 4) is 5.75 Å². The third kappa shape index (κ3) is 4.82. The first kappa shape index (κ1) is 19.3. The fraction of sp³-hybridized carbons (Fsp3) is 0.238. The van der Waals surface area contributed by atoms with Crippen LogP contribution in [0.2, 0.25) is 0 Å². The van der Waals surface area contributed by atoms with Gasteiger partial charge in [0.1, 0.15) is 18.0 Å². The van der Waals surface area contributed by atoms with Crippen molar-refractivity contribution in [2.45, 2.75) is 26.1 Å². The number of nitrogens with zero attached hydrogens (tertiary/aromatic N) is 1. The van der Waals surface area contributed by atoms with E-state index in [4.69, 9.17) is 20.9 Å². The Morgan fingerprint density at radius 1 is 1.18 bits per heavy atom. The lowest BCUT2D eigenvalue weighted by Gasteiger charge is -2.25. The standard InChI is InChI=1S/C21H24N4O3/c1-21(2,28-20(23)26)13-25-19-16-9-8-15(10-18(16)24-11-17(19)22)27-12-14-6-4-3-5-7-14/h3-11H,12-13,22H2,1-2H3,(H2,23,26)(H,24,25). The van der Waals surface area contributed by atoms with Crippen molar-refractivity contribution in [3.63, 3.8) is 0 Å². The molecule has 5 N–H and O–H groups in total. The summed E-state index contributed by atoms with van der Waals surface area (Å²) in [7, 11) is 0. The molecule has 146 valence electrons. The Morgan fingerprint density at radius 3 is 2.64 bits per heavy atom. The molecule has 0 unspecified atom stereocenters. The molecule has 1 heterocycles. The Hall–Kier alpha value is -3.48. The molecule has 28 heavy (non-hydrogen) atoms. The molecule has 1 aromatic heterocycles. The van der Waals surface area contributed by atoms with E-state index in [1.54, 1.807) is 20.0 Å². The van der Waals surface area contributed by atoms with Gasteiger partial charge < -0.3 is 26.3 Å². The van der Waals surface area contributed by atoms with E-state index in [-0.39, 0.29) is 0 Å². The van der Waals surface area contributed by atoms with Crippen molar-refractivity contribution in [1.29, 1.82) is 0 Å². The van der Waals surface area contributed by atoms with Gasteiger partial charge in [0.2, 0.25) is 0 Å². The van der Waals surface area contributed by atoms with Crippen LogP contribution in [-0.4, -0.2) is 23.2 Å². The van der Waals surface area contributed by atoms with Crippen LogP contribution in [0, 0.1) is 0 Å². The lowest BCUT2D eigenvalue weighted by molar-refractivity contribution is 0.0554. The average Bonchev–Trinajstić information content (AvgIpc) is 2.65. The van der Waals surface area contributed by atoms with Crippen LogP contribution in [0.4, 0.5) is 16.2 Å². The predicted molar refractivity (Wildman–Crippen MR) is 110 cm³/mol. The summed E-state index contributed by atoms with van der Waals surface area (Å²) in [5.41, 5.74) is 13.5. The molecule has 0 fully saturated rings. The number of pyridine rings is 1. The van der Waals surface area contributed by atoms with Crippen LogP contribution in [-0.2, 0) is 11.3 Å². The maximum absolute atomic E-state index is 11.0. The number of nitrogen functional groups attached to an aromatic ring is 1. The van der Waals surface area contributed by atoms with Crippen molar-refractivity contribution < 1.29 is 14.3 Å². The summed E-state index contributed by atoms with van der Waals surface area (Å²) in [6, 6.07) is 15.6. The number of amides is 1. The van der Waals surface area contributed by atoms with Crippen LogP contribution in [0.1, 0.15) is 19.4 Å². The number of ether oxygens (including phenoxy) is 2. The maximum Gasteiger partial charge on any atom is 0.405 e. The number of primary amides is 1. The molecule has 0 aliphatic heterocycles. The van der Waals surface area contributed by atoms with Gasteiger partial charge >= 0.3 is 6.09 Å². The van der Waals surface area contributed by atoms with Gasteiger partial charge in [-0.3, -0.25) is 4.98 Å². The topological polar surface area (TPSA) is 112 Å². The van der Waals surface area contributed by atoms with Crippen molar-refractivity contribution >= 4 is 28.4 Å². The molecule has 0 bridgehead atoms. The summed E-state index contributed by atoms with van der Waals surface area (Å²) >= 11 is 0. The van der Waals surface area contributed by atoms with Crippen molar-refractivity contribution in [2.75, 3.05) is 17.6 Å². The highest BCUT2D eigenvalue weighted by Crippen LogP contribution is 2.31.